The monoisotopic (exact) mass is 501 g/mol. The van der Waals surface area contributed by atoms with Crippen molar-refractivity contribution in [3.63, 3.8) is 0 Å². The molecule has 0 bridgehead atoms. The van der Waals surface area contributed by atoms with Gasteiger partial charge in [-0.15, -0.1) is 0 Å². The van der Waals surface area contributed by atoms with E-state index >= 15 is 0 Å². The van der Waals surface area contributed by atoms with Gasteiger partial charge in [0.25, 0.3) is 0 Å². The van der Waals surface area contributed by atoms with Crippen molar-refractivity contribution in [3.05, 3.63) is 0 Å². The first-order valence-electron chi connectivity index (χ1n) is 15.1. The quantitative estimate of drug-likeness (QED) is 0.0830. The molecule has 0 aliphatic carbocycles. The third kappa shape index (κ3) is 20.3. The zero-order chi connectivity index (χ0) is 25.3. The van der Waals surface area contributed by atoms with Crippen molar-refractivity contribution in [1.29, 1.82) is 0 Å². The van der Waals surface area contributed by atoms with Gasteiger partial charge in [-0.1, -0.05) is 103 Å². The van der Waals surface area contributed by atoms with Crippen molar-refractivity contribution in [2.45, 2.75) is 143 Å². The van der Waals surface area contributed by atoms with E-state index in [0.29, 0.717) is 19.8 Å². The third-order valence-corrected chi connectivity index (χ3v) is 10.0. The molecule has 0 aliphatic heterocycles. The molecule has 0 rings (SSSR count). The summed E-state index contributed by atoms with van der Waals surface area (Å²) in [4.78, 5) is 2.33. The molecule has 0 aromatic rings. The largest absolute Gasteiger partial charge is 0.500 e. The summed E-state index contributed by atoms with van der Waals surface area (Å²) in [6, 6.07) is 0.958. The summed E-state index contributed by atoms with van der Waals surface area (Å²) in [5.74, 6) is 0.812. The summed E-state index contributed by atoms with van der Waals surface area (Å²) in [6.45, 7) is 11.7. The van der Waals surface area contributed by atoms with Crippen LogP contribution in [0.5, 0.6) is 0 Å². The van der Waals surface area contributed by atoms with E-state index in [1.807, 2.05) is 20.8 Å². The molecule has 0 aliphatic rings. The lowest BCUT2D eigenvalue weighted by Crippen LogP contribution is -2.46. The summed E-state index contributed by atoms with van der Waals surface area (Å²) >= 11 is 0. The van der Waals surface area contributed by atoms with E-state index in [1.54, 1.807) is 0 Å². The molecule has 0 spiro atoms. The Morgan fingerprint density at radius 2 is 0.941 bits per heavy atom. The molecule has 0 saturated carbocycles. The lowest BCUT2D eigenvalue weighted by molar-refractivity contribution is 0.0702. The van der Waals surface area contributed by atoms with Gasteiger partial charge in [-0.25, -0.2) is 0 Å². The molecular formula is C29H63NO3Si. The van der Waals surface area contributed by atoms with E-state index in [4.69, 9.17) is 13.3 Å². The van der Waals surface area contributed by atoms with Gasteiger partial charge in [0.1, 0.15) is 0 Å². The van der Waals surface area contributed by atoms with Crippen LogP contribution in [-0.2, 0) is 13.3 Å². The van der Waals surface area contributed by atoms with Crippen LogP contribution >= 0.6 is 0 Å². The molecule has 0 aromatic heterocycles. The molecule has 0 aromatic carbocycles. The van der Waals surface area contributed by atoms with Crippen LogP contribution < -0.4 is 0 Å². The average molecular weight is 502 g/mol. The fraction of sp³-hybridized carbons (Fsp3) is 1.00. The Balaban J connectivity index is 4.10. The first-order valence-corrected chi connectivity index (χ1v) is 17.0. The summed E-state index contributed by atoms with van der Waals surface area (Å²) in [5, 5.41) is 0. The smallest absolute Gasteiger partial charge is 0.374 e. The minimum absolute atomic E-state index is 0.676. The van der Waals surface area contributed by atoms with Crippen LogP contribution in [0.25, 0.3) is 0 Å². The first-order chi connectivity index (χ1) is 16.5. The number of hydrogen-bond donors (Lipinski definition) is 0. The highest BCUT2D eigenvalue weighted by atomic mass is 28.4. The second kappa shape index (κ2) is 24.7. The van der Waals surface area contributed by atoms with Gasteiger partial charge < -0.3 is 18.2 Å². The number of hydrogen-bond acceptors (Lipinski definition) is 4. The molecule has 0 saturated heterocycles. The number of unbranched alkanes of at least 4 members (excludes halogenated alkanes) is 12. The van der Waals surface area contributed by atoms with E-state index in [1.165, 1.54) is 109 Å². The Bertz CT molecular complexity index is 392. The van der Waals surface area contributed by atoms with Crippen molar-refractivity contribution in [1.82, 2.24) is 4.90 Å². The first kappa shape index (κ1) is 34.1. The van der Waals surface area contributed by atoms with E-state index in [-0.39, 0.29) is 0 Å². The van der Waals surface area contributed by atoms with Gasteiger partial charge in [0, 0.05) is 25.9 Å². The van der Waals surface area contributed by atoms with Crippen LogP contribution in [0.2, 0.25) is 6.04 Å². The fourth-order valence-corrected chi connectivity index (χ4v) is 7.57. The van der Waals surface area contributed by atoms with E-state index < -0.39 is 8.80 Å². The Hall–Kier alpha value is 0.0569. The Morgan fingerprint density at radius 1 is 0.529 bits per heavy atom. The fourth-order valence-electron chi connectivity index (χ4n) is 4.93. The predicted octanol–water partition coefficient (Wildman–Crippen LogP) is 8.86. The molecule has 0 radical (unpaired) electrons. The van der Waals surface area contributed by atoms with Crippen LogP contribution in [0.15, 0.2) is 0 Å². The summed E-state index contributed by atoms with van der Waals surface area (Å²) in [7, 11) is 1.90. The molecular weight excluding hydrogens is 438 g/mol. The molecule has 1 unspecified atom stereocenters. The van der Waals surface area contributed by atoms with Crippen LogP contribution in [0, 0.1) is 5.92 Å². The normalized spacial score (nSPS) is 13.1. The second-order valence-corrected chi connectivity index (χ2v) is 13.1. The van der Waals surface area contributed by atoms with Gasteiger partial charge in [0.15, 0.2) is 0 Å². The lowest BCUT2D eigenvalue weighted by Gasteiger charge is -2.29. The molecule has 0 heterocycles. The zero-order valence-electron chi connectivity index (χ0n) is 24.3. The molecule has 34 heavy (non-hydrogen) atoms. The van der Waals surface area contributed by atoms with E-state index in [9.17, 15) is 0 Å². The van der Waals surface area contributed by atoms with E-state index in [0.717, 1.165) is 18.4 Å². The third-order valence-electron chi connectivity index (χ3n) is 6.89. The van der Waals surface area contributed by atoms with Gasteiger partial charge in [0.2, 0.25) is 0 Å². The van der Waals surface area contributed by atoms with Crippen molar-refractivity contribution in [2.24, 2.45) is 5.92 Å². The van der Waals surface area contributed by atoms with Crippen LogP contribution in [0.4, 0.5) is 0 Å². The highest BCUT2D eigenvalue weighted by Gasteiger charge is 2.39. The van der Waals surface area contributed by atoms with Gasteiger partial charge >= 0.3 is 8.80 Å². The summed E-state index contributed by atoms with van der Waals surface area (Å²) in [6.07, 6.45) is 23.7. The number of nitrogens with zero attached hydrogens (tertiary/aromatic N) is 1. The van der Waals surface area contributed by atoms with Crippen molar-refractivity contribution in [2.75, 3.05) is 40.5 Å². The van der Waals surface area contributed by atoms with Gasteiger partial charge in [-0.05, 0) is 60.2 Å². The van der Waals surface area contributed by atoms with Gasteiger partial charge in [-0.3, -0.25) is 0 Å². The zero-order valence-corrected chi connectivity index (χ0v) is 25.3. The minimum Gasteiger partial charge on any atom is -0.374 e. The summed E-state index contributed by atoms with van der Waals surface area (Å²) < 4.78 is 18.2. The predicted molar refractivity (Wildman–Crippen MR) is 152 cm³/mol. The molecule has 0 N–H and O–H groups in total. The molecule has 206 valence electrons. The molecule has 5 heteroatoms. The Kier molecular flexibility index (Phi) is 24.8. The van der Waals surface area contributed by atoms with Crippen molar-refractivity contribution < 1.29 is 13.3 Å². The van der Waals surface area contributed by atoms with Crippen LogP contribution in [-0.4, -0.2) is 54.2 Å². The van der Waals surface area contributed by atoms with Crippen LogP contribution in [0.1, 0.15) is 137 Å². The lowest BCUT2D eigenvalue weighted by atomic mass is 9.92. The van der Waals surface area contributed by atoms with Crippen molar-refractivity contribution >= 4 is 8.80 Å². The summed E-state index contributed by atoms with van der Waals surface area (Å²) in [5.41, 5.74) is 0. The van der Waals surface area contributed by atoms with Crippen LogP contribution in [0.3, 0.4) is 0 Å². The number of rotatable bonds is 27. The average Bonchev–Trinajstić information content (AvgIpc) is 2.80. The Morgan fingerprint density at radius 3 is 1.35 bits per heavy atom. The maximum Gasteiger partial charge on any atom is 0.500 e. The molecule has 0 fully saturated rings. The van der Waals surface area contributed by atoms with E-state index in [2.05, 4.69) is 25.9 Å². The highest BCUT2D eigenvalue weighted by molar-refractivity contribution is 6.60. The standard InChI is InChI=1S/C29H63NO3Si/c1-7-11-12-13-14-15-16-17-18-19-20-21-22-24-29(26-27-30(5)6)25-23-28-34(31-8-2,32-9-3)33-10-4/h29H,7-28H2,1-6H3. The minimum atomic E-state index is -2.49. The molecule has 0 amide bonds. The SMILES string of the molecule is CCCCCCCCCCCCCCCC(CCC[Si](OCC)(OCC)OCC)CCN(C)C. The maximum absolute atomic E-state index is 6.06. The van der Waals surface area contributed by atoms with Gasteiger partial charge in [-0.2, -0.15) is 0 Å². The maximum atomic E-state index is 6.06. The molecule has 4 nitrogen and oxygen atoms in total. The topological polar surface area (TPSA) is 30.9 Å². The van der Waals surface area contributed by atoms with Gasteiger partial charge in [0.05, 0.1) is 0 Å². The highest BCUT2D eigenvalue weighted by Crippen LogP contribution is 2.26. The molecule has 1 atom stereocenters. The second-order valence-electron chi connectivity index (χ2n) is 10.4. The van der Waals surface area contributed by atoms with Crippen molar-refractivity contribution in [3.8, 4) is 0 Å². The Labute approximate surface area is 216 Å².